The van der Waals surface area contributed by atoms with Crippen molar-refractivity contribution in [3.63, 3.8) is 0 Å². The van der Waals surface area contributed by atoms with Crippen LogP contribution in [-0.4, -0.2) is 43.8 Å². The summed E-state index contributed by atoms with van der Waals surface area (Å²) in [7, 11) is -3.53. The number of hydrogen-bond acceptors (Lipinski definition) is 4. The average molecular weight is 488 g/mol. The molecule has 182 valence electrons. The van der Waals surface area contributed by atoms with Crippen LogP contribution >= 0.6 is 0 Å². The van der Waals surface area contributed by atoms with Gasteiger partial charge in [-0.05, 0) is 61.6 Å². The average Bonchev–Trinajstić information content (AvgIpc) is 3.63. The molecule has 1 fully saturated rings. The largest absolute Gasteiger partial charge is 0.351 e. The zero-order valence-electron chi connectivity index (χ0n) is 19.2. The number of amides is 2. The number of sulfonamides is 1. The Morgan fingerprint density at radius 2 is 1.74 bits per heavy atom. The summed E-state index contributed by atoms with van der Waals surface area (Å²) in [5.41, 5.74) is 1.51. The Balaban J connectivity index is 1.66. The highest BCUT2D eigenvalue weighted by molar-refractivity contribution is 7.89. The van der Waals surface area contributed by atoms with Crippen molar-refractivity contribution in [2.45, 2.75) is 56.1 Å². The zero-order chi connectivity index (χ0) is 24.7. The lowest BCUT2D eigenvalue weighted by atomic mass is 10.1. The number of carbonyl (C=O) groups excluding carboxylic acids is 2. The standard InChI is InChI=1S/C25H30FN3O4S/c1-3-16-27-25(31)18(2)29(17-20-4-9-21(26)10-5-20)24(30)15-8-19-6-13-23(14-7-19)34(32,33)28-22-11-12-22/h3-7,9-10,13-14,18,22,28H,1,8,11-12,15-17H2,2H3,(H,27,31). The molecule has 1 unspecified atom stereocenters. The van der Waals surface area contributed by atoms with Crippen LogP contribution in [0.15, 0.2) is 66.1 Å². The van der Waals surface area contributed by atoms with E-state index in [1.54, 1.807) is 37.3 Å². The predicted molar refractivity (Wildman–Crippen MR) is 128 cm³/mol. The van der Waals surface area contributed by atoms with E-state index in [0.29, 0.717) is 12.0 Å². The minimum atomic E-state index is -3.53. The van der Waals surface area contributed by atoms with E-state index < -0.39 is 16.1 Å². The zero-order valence-corrected chi connectivity index (χ0v) is 20.0. The second-order valence-electron chi connectivity index (χ2n) is 8.40. The van der Waals surface area contributed by atoms with Crippen LogP contribution in [0.25, 0.3) is 0 Å². The Kier molecular flexibility index (Phi) is 8.57. The maximum atomic E-state index is 13.3. The highest BCUT2D eigenvalue weighted by atomic mass is 32.2. The van der Waals surface area contributed by atoms with Crippen molar-refractivity contribution in [1.82, 2.24) is 14.9 Å². The van der Waals surface area contributed by atoms with Crippen molar-refractivity contribution < 1.29 is 22.4 Å². The monoisotopic (exact) mass is 487 g/mol. The molecule has 0 aromatic heterocycles. The van der Waals surface area contributed by atoms with E-state index in [0.717, 1.165) is 18.4 Å². The maximum Gasteiger partial charge on any atom is 0.242 e. The van der Waals surface area contributed by atoms with E-state index in [1.165, 1.54) is 29.2 Å². The van der Waals surface area contributed by atoms with E-state index in [4.69, 9.17) is 0 Å². The van der Waals surface area contributed by atoms with Gasteiger partial charge in [-0.15, -0.1) is 6.58 Å². The molecule has 0 aliphatic heterocycles. The minimum Gasteiger partial charge on any atom is -0.351 e. The summed E-state index contributed by atoms with van der Waals surface area (Å²) >= 11 is 0. The number of benzene rings is 2. The molecule has 2 amide bonds. The van der Waals surface area contributed by atoms with Crippen molar-refractivity contribution in [2.24, 2.45) is 0 Å². The molecule has 1 aliphatic carbocycles. The number of carbonyl (C=O) groups is 2. The first-order valence-electron chi connectivity index (χ1n) is 11.2. The molecule has 0 spiro atoms. The van der Waals surface area contributed by atoms with E-state index in [1.807, 2.05) is 0 Å². The molecule has 2 N–H and O–H groups in total. The van der Waals surface area contributed by atoms with Gasteiger partial charge >= 0.3 is 0 Å². The number of rotatable bonds is 12. The smallest absolute Gasteiger partial charge is 0.242 e. The molecule has 1 aliphatic rings. The molecular weight excluding hydrogens is 457 g/mol. The lowest BCUT2D eigenvalue weighted by Gasteiger charge is -2.29. The number of nitrogens with one attached hydrogen (secondary N) is 2. The van der Waals surface area contributed by atoms with Crippen molar-refractivity contribution >= 4 is 21.8 Å². The highest BCUT2D eigenvalue weighted by Gasteiger charge is 2.28. The van der Waals surface area contributed by atoms with Crippen LogP contribution in [0.1, 0.15) is 37.3 Å². The molecule has 2 aromatic carbocycles. The normalized spacial score (nSPS) is 14.3. The third-order valence-electron chi connectivity index (χ3n) is 5.61. The molecule has 0 heterocycles. The molecular formula is C25H30FN3O4S. The van der Waals surface area contributed by atoms with Gasteiger partial charge in [-0.3, -0.25) is 9.59 Å². The number of nitrogens with zero attached hydrogens (tertiary/aromatic N) is 1. The molecule has 9 heteroatoms. The van der Waals surface area contributed by atoms with Gasteiger partial charge in [0.25, 0.3) is 0 Å². The molecule has 0 bridgehead atoms. The third-order valence-corrected chi connectivity index (χ3v) is 7.15. The summed E-state index contributed by atoms with van der Waals surface area (Å²) < 4.78 is 40.6. The second-order valence-corrected chi connectivity index (χ2v) is 10.1. The van der Waals surface area contributed by atoms with Gasteiger partial charge in [0.2, 0.25) is 21.8 Å². The van der Waals surface area contributed by atoms with Crippen molar-refractivity contribution in [1.29, 1.82) is 0 Å². The van der Waals surface area contributed by atoms with E-state index in [2.05, 4.69) is 16.6 Å². The van der Waals surface area contributed by atoms with E-state index in [9.17, 15) is 22.4 Å². The maximum absolute atomic E-state index is 13.3. The van der Waals surface area contributed by atoms with E-state index in [-0.39, 0.29) is 48.1 Å². The Morgan fingerprint density at radius 1 is 1.12 bits per heavy atom. The lowest BCUT2D eigenvalue weighted by Crippen LogP contribution is -2.47. The number of aryl methyl sites for hydroxylation is 1. The first-order chi connectivity index (χ1) is 16.2. The Hall–Kier alpha value is -3.04. The molecule has 0 saturated heterocycles. The fraction of sp³-hybridized carbons (Fsp3) is 0.360. The SMILES string of the molecule is C=CCNC(=O)C(C)N(Cc1ccc(F)cc1)C(=O)CCc1ccc(S(=O)(=O)NC2CC2)cc1. The van der Waals surface area contributed by atoms with Gasteiger partial charge in [0, 0.05) is 25.6 Å². The Morgan fingerprint density at radius 3 is 2.32 bits per heavy atom. The quantitative estimate of drug-likeness (QED) is 0.450. The topological polar surface area (TPSA) is 95.6 Å². The summed E-state index contributed by atoms with van der Waals surface area (Å²) in [6, 6.07) is 11.5. The van der Waals surface area contributed by atoms with Crippen LogP contribution in [0.3, 0.4) is 0 Å². The molecule has 2 aromatic rings. The first-order valence-corrected chi connectivity index (χ1v) is 12.7. The van der Waals surface area contributed by atoms with Gasteiger partial charge in [0.15, 0.2) is 0 Å². The van der Waals surface area contributed by atoms with Gasteiger partial charge in [-0.1, -0.05) is 30.3 Å². The van der Waals surface area contributed by atoms with Crippen molar-refractivity contribution in [3.05, 3.63) is 78.1 Å². The summed E-state index contributed by atoms with van der Waals surface area (Å²) in [6.45, 7) is 5.66. The summed E-state index contributed by atoms with van der Waals surface area (Å²) in [4.78, 5) is 27.3. The minimum absolute atomic E-state index is 0.0278. The Labute approximate surface area is 200 Å². The fourth-order valence-corrected chi connectivity index (χ4v) is 4.71. The van der Waals surface area contributed by atoms with E-state index >= 15 is 0 Å². The summed E-state index contributed by atoms with van der Waals surface area (Å²) in [5.74, 6) is -0.929. The van der Waals surface area contributed by atoms with Crippen LogP contribution in [-0.2, 0) is 32.6 Å². The first kappa shape index (κ1) is 25.6. The Bertz CT molecular complexity index is 1110. The van der Waals surface area contributed by atoms with Gasteiger partial charge in [0.05, 0.1) is 4.90 Å². The van der Waals surface area contributed by atoms with Crippen molar-refractivity contribution in [2.75, 3.05) is 6.54 Å². The molecule has 0 radical (unpaired) electrons. The fourth-order valence-electron chi connectivity index (χ4n) is 3.41. The highest BCUT2D eigenvalue weighted by Crippen LogP contribution is 2.22. The van der Waals surface area contributed by atoms with Crippen molar-refractivity contribution in [3.8, 4) is 0 Å². The second kappa shape index (κ2) is 11.4. The van der Waals surface area contributed by atoms with Crippen LogP contribution in [0.5, 0.6) is 0 Å². The van der Waals surface area contributed by atoms with Gasteiger partial charge in [0.1, 0.15) is 11.9 Å². The van der Waals surface area contributed by atoms with Crippen LogP contribution < -0.4 is 10.0 Å². The van der Waals surface area contributed by atoms with Crippen LogP contribution in [0.2, 0.25) is 0 Å². The molecule has 34 heavy (non-hydrogen) atoms. The summed E-state index contributed by atoms with van der Waals surface area (Å²) in [6.07, 6.45) is 3.79. The summed E-state index contributed by atoms with van der Waals surface area (Å²) in [5, 5.41) is 2.70. The molecule has 1 saturated carbocycles. The van der Waals surface area contributed by atoms with Gasteiger partial charge < -0.3 is 10.2 Å². The van der Waals surface area contributed by atoms with Crippen LogP contribution in [0.4, 0.5) is 4.39 Å². The van der Waals surface area contributed by atoms with Gasteiger partial charge in [-0.2, -0.15) is 0 Å². The number of halogens is 1. The molecule has 3 rings (SSSR count). The predicted octanol–water partition coefficient (Wildman–Crippen LogP) is 2.92. The molecule has 7 nitrogen and oxygen atoms in total. The molecule has 1 atom stereocenters. The van der Waals surface area contributed by atoms with Gasteiger partial charge in [-0.25, -0.2) is 17.5 Å². The third kappa shape index (κ3) is 7.23. The lowest BCUT2D eigenvalue weighted by molar-refractivity contribution is -0.140. The number of hydrogen-bond donors (Lipinski definition) is 2. The van der Waals surface area contributed by atoms with Crippen LogP contribution in [0, 0.1) is 5.82 Å².